The zero-order chi connectivity index (χ0) is 21.0. The van der Waals surface area contributed by atoms with Gasteiger partial charge >= 0.3 is 0 Å². The number of nitrogens with zero attached hydrogens (tertiary/aromatic N) is 2. The zero-order valence-corrected chi connectivity index (χ0v) is 17.8. The number of thiocarbonyl (C=S) groups is 1. The van der Waals surface area contributed by atoms with Gasteiger partial charge in [-0.25, -0.2) is 0 Å². The summed E-state index contributed by atoms with van der Waals surface area (Å²) in [4.78, 5) is 26.2. The number of carbonyl (C=O) groups is 2. The monoisotopic (exact) mass is 414 g/mol. The van der Waals surface area contributed by atoms with Crippen molar-refractivity contribution in [3.8, 4) is 0 Å². The Balaban J connectivity index is 1.93. The lowest BCUT2D eigenvalue weighted by Gasteiger charge is -2.09. The van der Waals surface area contributed by atoms with E-state index in [1.54, 1.807) is 20.2 Å². The topological polar surface area (TPSA) is 75.6 Å². The summed E-state index contributed by atoms with van der Waals surface area (Å²) in [7, 11) is 3.29. The van der Waals surface area contributed by atoms with Crippen LogP contribution in [0, 0.1) is 0 Å². The number of aromatic nitrogens is 1. The van der Waals surface area contributed by atoms with Gasteiger partial charge in [0, 0.05) is 44.5 Å². The fourth-order valence-corrected chi connectivity index (χ4v) is 3.62. The molecule has 2 amide bonds. The van der Waals surface area contributed by atoms with Crippen LogP contribution < -0.4 is 10.6 Å². The normalized spacial score (nSPS) is 15.4. The average Bonchev–Trinajstić information content (AvgIpc) is 3.17. The molecular weight excluding hydrogens is 388 g/mol. The minimum absolute atomic E-state index is 0.0564. The van der Waals surface area contributed by atoms with Crippen LogP contribution in [0.3, 0.4) is 0 Å². The van der Waals surface area contributed by atoms with Crippen molar-refractivity contribution in [3.63, 3.8) is 0 Å². The first-order valence-corrected chi connectivity index (χ1v) is 10.0. The summed E-state index contributed by atoms with van der Waals surface area (Å²) < 4.78 is 6.96. The number of hydrogen-bond donors (Lipinski definition) is 2. The van der Waals surface area contributed by atoms with E-state index in [9.17, 15) is 9.59 Å². The van der Waals surface area contributed by atoms with Crippen molar-refractivity contribution in [2.24, 2.45) is 0 Å². The van der Waals surface area contributed by atoms with Crippen LogP contribution in [0.2, 0.25) is 0 Å². The third-order valence-electron chi connectivity index (χ3n) is 4.94. The standard InChI is InChI=1S/C21H26N4O3S/c1-4-14-7-5-8-16-15(11-17-20(27)24(2)21(29)23-17)12-25(19(14)16)13-18(26)22-9-6-10-28-3/h5,7-8,11-12H,4,6,9-10,13H2,1-3H3,(H,22,26)(H,23,29)/b17-11-. The highest BCUT2D eigenvalue weighted by atomic mass is 32.1. The van der Waals surface area contributed by atoms with E-state index in [0.29, 0.717) is 24.0 Å². The first-order chi connectivity index (χ1) is 14.0. The first kappa shape index (κ1) is 21.0. The lowest BCUT2D eigenvalue weighted by atomic mass is 10.1. The van der Waals surface area contributed by atoms with E-state index in [0.717, 1.165) is 34.9 Å². The molecule has 0 unspecified atom stereocenters. The van der Waals surface area contributed by atoms with Crippen LogP contribution in [0.15, 0.2) is 30.1 Å². The van der Waals surface area contributed by atoms with Crippen molar-refractivity contribution in [3.05, 3.63) is 41.2 Å². The Morgan fingerprint density at radius 3 is 2.83 bits per heavy atom. The minimum atomic E-state index is -0.168. The maximum atomic E-state index is 12.4. The summed E-state index contributed by atoms with van der Waals surface area (Å²) >= 11 is 5.16. The fraction of sp³-hybridized carbons (Fsp3) is 0.381. The van der Waals surface area contributed by atoms with E-state index >= 15 is 0 Å². The molecule has 2 aromatic rings. The van der Waals surface area contributed by atoms with Crippen molar-refractivity contribution < 1.29 is 14.3 Å². The van der Waals surface area contributed by atoms with E-state index in [2.05, 4.69) is 23.6 Å². The molecule has 2 N–H and O–H groups in total. The van der Waals surface area contributed by atoms with Crippen LogP contribution in [0.4, 0.5) is 0 Å². The molecule has 1 saturated heterocycles. The van der Waals surface area contributed by atoms with Crippen LogP contribution in [-0.4, -0.2) is 53.7 Å². The molecule has 3 rings (SSSR count). The average molecular weight is 415 g/mol. The predicted octanol–water partition coefficient (Wildman–Crippen LogP) is 2.04. The number of carbonyl (C=O) groups excluding carboxylic acids is 2. The number of para-hydroxylation sites is 1. The van der Waals surface area contributed by atoms with Gasteiger partial charge < -0.3 is 19.9 Å². The highest BCUT2D eigenvalue weighted by molar-refractivity contribution is 7.80. The van der Waals surface area contributed by atoms with Gasteiger partial charge in [-0.1, -0.05) is 25.1 Å². The summed E-state index contributed by atoms with van der Waals surface area (Å²) in [6.45, 7) is 3.49. The molecule has 7 nitrogen and oxygen atoms in total. The quantitative estimate of drug-likeness (QED) is 0.393. The molecule has 29 heavy (non-hydrogen) atoms. The Kier molecular flexibility index (Phi) is 6.66. The Bertz CT molecular complexity index is 980. The predicted molar refractivity (Wildman–Crippen MR) is 117 cm³/mol. The van der Waals surface area contributed by atoms with Crippen LogP contribution in [0.1, 0.15) is 24.5 Å². The second kappa shape index (κ2) is 9.19. The van der Waals surface area contributed by atoms with Gasteiger partial charge in [0.15, 0.2) is 5.11 Å². The highest BCUT2D eigenvalue weighted by Gasteiger charge is 2.27. The molecule has 1 aliphatic heterocycles. The largest absolute Gasteiger partial charge is 0.385 e. The van der Waals surface area contributed by atoms with E-state index < -0.39 is 0 Å². The SMILES string of the molecule is CCc1cccc2c(/C=C3\NC(=S)N(C)C3=O)cn(CC(=O)NCCCOC)c12. The fourth-order valence-electron chi connectivity index (χ4n) is 3.42. The van der Waals surface area contributed by atoms with Crippen LogP contribution >= 0.6 is 12.2 Å². The Morgan fingerprint density at radius 1 is 1.38 bits per heavy atom. The third-order valence-corrected chi connectivity index (χ3v) is 5.31. The lowest BCUT2D eigenvalue weighted by Crippen LogP contribution is -2.28. The van der Waals surface area contributed by atoms with Crippen molar-refractivity contribution in [2.45, 2.75) is 26.3 Å². The number of ether oxygens (including phenoxy) is 1. The number of aryl methyl sites for hydroxylation is 1. The van der Waals surface area contributed by atoms with Gasteiger partial charge in [0.25, 0.3) is 5.91 Å². The molecular formula is C21H26N4O3S. The molecule has 0 bridgehead atoms. The summed E-state index contributed by atoms with van der Waals surface area (Å²) in [5, 5.41) is 7.26. The molecule has 1 aromatic carbocycles. The zero-order valence-electron chi connectivity index (χ0n) is 16.9. The summed E-state index contributed by atoms with van der Waals surface area (Å²) in [5.74, 6) is -0.225. The first-order valence-electron chi connectivity index (χ1n) is 9.63. The summed E-state index contributed by atoms with van der Waals surface area (Å²) in [5.41, 5.74) is 3.46. The molecule has 0 spiro atoms. The minimum Gasteiger partial charge on any atom is -0.385 e. The number of likely N-dealkylation sites (N-methyl/N-ethyl adjacent to an activating group) is 1. The summed E-state index contributed by atoms with van der Waals surface area (Å²) in [6, 6.07) is 6.07. The van der Waals surface area contributed by atoms with Gasteiger partial charge in [-0.2, -0.15) is 0 Å². The lowest BCUT2D eigenvalue weighted by molar-refractivity contribution is -0.122. The molecule has 1 aliphatic rings. The Hall–Kier alpha value is -2.71. The highest BCUT2D eigenvalue weighted by Crippen LogP contribution is 2.27. The van der Waals surface area contributed by atoms with Gasteiger partial charge in [0.05, 0.1) is 5.52 Å². The van der Waals surface area contributed by atoms with Crippen molar-refractivity contribution in [1.82, 2.24) is 20.1 Å². The van der Waals surface area contributed by atoms with E-state index in [1.165, 1.54) is 4.90 Å². The molecule has 1 fully saturated rings. The van der Waals surface area contributed by atoms with Crippen LogP contribution in [0.25, 0.3) is 17.0 Å². The maximum absolute atomic E-state index is 12.4. The van der Waals surface area contributed by atoms with E-state index in [1.807, 2.05) is 22.9 Å². The molecule has 0 aliphatic carbocycles. The molecule has 1 aromatic heterocycles. The number of methoxy groups -OCH3 is 1. The number of nitrogens with one attached hydrogen (secondary N) is 2. The van der Waals surface area contributed by atoms with Gasteiger partial charge in [0.2, 0.25) is 5.91 Å². The molecule has 0 radical (unpaired) electrons. The van der Waals surface area contributed by atoms with Crippen molar-refractivity contribution in [1.29, 1.82) is 0 Å². The Morgan fingerprint density at radius 2 is 2.17 bits per heavy atom. The third kappa shape index (κ3) is 4.49. The number of hydrogen-bond acceptors (Lipinski definition) is 4. The Labute approximate surface area is 175 Å². The molecule has 154 valence electrons. The summed E-state index contributed by atoms with van der Waals surface area (Å²) in [6.07, 6.45) is 5.33. The van der Waals surface area contributed by atoms with Crippen molar-refractivity contribution >= 4 is 46.1 Å². The van der Waals surface area contributed by atoms with Crippen molar-refractivity contribution in [2.75, 3.05) is 27.3 Å². The van der Waals surface area contributed by atoms with Gasteiger partial charge in [-0.3, -0.25) is 14.5 Å². The molecule has 2 heterocycles. The second-order valence-corrected chi connectivity index (χ2v) is 7.31. The number of rotatable bonds is 8. The molecule has 0 atom stereocenters. The molecule has 0 saturated carbocycles. The number of benzene rings is 1. The van der Waals surface area contributed by atoms with E-state index in [4.69, 9.17) is 17.0 Å². The van der Waals surface area contributed by atoms with Crippen LogP contribution in [-0.2, 0) is 27.3 Å². The van der Waals surface area contributed by atoms with Crippen LogP contribution in [0.5, 0.6) is 0 Å². The van der Waals surface area contributed by atoms with Gasteiger partial charge in [-0.15, -0.1) is 0 Å². The number of amides is 2. The van der Waals surface area contributed by atoms with Gasteiger partial charge in [0.1, 0.15) is 12.2 Å². The second-order valence-electron chi connectivity index (χ2n) is 6.93. The smallest absolute Gasteiger partial charge is 0.276 e. The molecule has 8 heteroatoms. The van der Waals surface area contributed by atoms with E-state index in [-0.39, 0.29) is 18.4 Å². The number of fused-ring (bicyclic) bond motifs is 1. The maximum Gasteiger partial charge on any atom is 0.276 e. The van der Waals surface area contributed by atoms with Gasteiger partial charge in [-0.05, 0) is 36.7 Å².